The van der Waals surface area contributed by atoms with Gasteiger partial charge in [0.25, 0.3) is 0 Å². The van der Waals surface area contributed by atoms with Gasteiger partial charge in [0, 0.05) is 18.0 Å². The normalized spacial score (nSPS) is 11.6. The van der Waals surface area contributed by atoms with Gasteiger partial charge in [0.15, 0.2) is 0 Å². The minimum atomic E-state index is 0.236. The van der Waals surface area contributed by atoms with Crippen LogP contribution in [-0.2, 0) is 4.79 Å². The summed E-state index contributed by atoms with van der Waals surface area (Å²) >= 11 is 0. The molecule has 0 rings (SSSR count). The third-order valence-electron chi connectivity index (χ3n) is 2.99. The van der Waals surface area contributed by atoms with Crippen molar-refractivity contribution in [3.8, 4) is 0 Å². The molecule has 0 saturated heterocycles. The number of nitrogens with zero attached hydrogens (tertiary/aromatic N) is 1. The van der Waals surface area contributed by atoms with Crippen molar-refractivity contribution in [2.75, 3.05) is 0 Å². The summed E-state index contributed by atoms with van der Waals surface area (Å²) in [5.74, 6) is 0.591. The maximum absolute atomic E-state index is 12.4. The SMILES string of the molecule is CCCC(CCC)C(=O)N(C(C)C)C(C)C. The average Bonchev–Trinajstić information content (AvgIpc) is 2.16. The Balaban J connectivity index is 4.66. The lowest BCUT2D eigenvalue weighted by molar-refractivity contribution is -0.139. The molecule has 0 aromatic heterocycles. The lowest BCUT2D eigenvalue weighted by atomic mass is 9.95. The standard InChI is InChI=1S/C14H29NO/c1-7-9-13(10-8-2)14(16)15(11(3)4)12(5)6/h11-13H,7-10H2,1-6H3. The Labute approximate surface area is 101 Å². The number of rotatable bonds is 7. The Hall–Kier alpha value is -0.530. The molecule has 0 aromatic rings. The van der Waals surface area contributed by atoms with E-state index < -0.39 is 0 Å². The second kappa shape index (κ2) is 7.70. The summed E-state index contributed by atoms with van der Waals surface area (Å²) < 4.78 is 0. The molecule has 96 valence electrons. The Morgan fingerprint density at radius 3 is 1.56 bits per heavy atom. The molecule has 0 atom stereocenters. The molecule has 0 aliphatic carbocycles. The van der Waals surface area contributed by atoms with E-state index in [1.54, 1.807) is 0 Å². The fourth-order valence-corrected chi connectivity index (χ4v) is 2.40. The minimum Gasteiger partial charge on any atom is -0.338 e. The highest BCUT2D eigenvalue weighted by Crippen LogP contribution is 2.19. The van der Waals surface area contributed by atoms with Gasteiger partial charge in [0.2, 0.25) is 5.91 Å². The van der Waals surface area contributed by atoms with Crippen molar-refractivity contribution in [2.24, 2.45) is 5.92 Å². The van der Waals surface area contributed by atoms with Gasteiger partial charge in [-0.3, -0.25) is 4.79 Å². The largest absolute Gasteiger partial charge is 0.338 e. The van der Waals surface area contributed by atoms with E-state index in [-0.39, 0.29) is 5.92 Å². The number of hydrogen-bond donors (Lipinski definition) is 0. The smallest absolute Gasteiger partial charge is 0.226 e. The number of hydrogen-bond acceptors (Lipinski definition) is 1. The zero-order valence-corrected chi connectivity index (χ0v) is 11.9. The molecule has 0 N–H and O–H groups in total. The highest BCUT2D eigenvalue weighted by atomic mass is 16.2. The van der Waals surface area contributed by atoms with Gasteiger partial charge in [-0.05, 0) is 40.5 Å². The van der Waals surface area contributed by atoms with Crippen LogP contribution in [-0.4, -0.2) is 22.9 Å². The van der Waals surface area contributed by atoms with Gasteiger partial charge >= 0.3 is 0 Å². The van der Waals surface area contributed by atoms with E-state index in [1.807, 2.05) is 4.90 Å². The van der Waals surface area contributed by atoms with Crippen LogP contribution in [0.3, 0.4) is 0 Å². The topological polar surface area (TPSA) is 20.3 Å². The molecule has 2 nitrogen and oxygen atoms in total. The zero-order chi connectivity index (χ0) is 12.7. The molecule has 16 heavy (non-hydrogen) atoms. The van der Waals surface area contributed by atoms with E-state index >= 15 is 0 Å². The fourth-order valence-electron chi connectivity index (χ4n) is 2.40. The number of carbonyl (C=O) groups excluding carboxylic acids is 1. The van der Waals surface area contributed by atoms with Gasteiger partial charge in [-0.1, -0.05) is 26.7 Å². The predicted molar refractivity (Wildman–Crippen MR) is 70.4 cm³/mol. The molecule has 0 aliphatic heterocycles. The van der Waals surface area contributed by atoms with E-state index in [1.165, 1.54) is 0 Å². The summed E-state index contributed by atoms with van der Waals surface area (Å²) in [6, 6.07) is 0.618. The molecule has 0 unspecified atom stereocenters. The van der Waals surface area contributed by atoms with Crippen LogP contribution in [0, 0.1) is 5.92 Å². The lowest BCUT2D eigenvalue weighted by Gasteiger charge is -2.34. The van der Waals surface area contributed by atoms with Crippen molar-refractivity contribution >= 4 is 5.91 Å². The van der Waals surface area contributed by atoms with Gasteiger partial charge in [-0.25, -0.2) is 0 Å². The molecule has 0 aliphatic rings. The molecule has 2 heteroatoms. The Morgan fingerprint density at radius 1 is 0.938 bits per heavy atom. The van der Waals surface area contributed by atoms with Gasteiger partial charge in [0.05, 0.1) is 0 Å². The maximum Gasteiger partial charge on any atom is 0.226 e. The fraction of sp³-hybridized carbons (Fsp3) is 0.929. The molecular formula is C14H29NO. The van der Waals surface area contributed by atoms with Crippen LogP contribution in [0.25, 0.3) is 0 Å². The van der Waals surface area contributed by atoms with Gasteiger partial charge in [-0.15, -0.1) is 0 Å². The first-order chi connectivity index (χ1) is 7.45. The van der Waals surface area contributed by atoms with Crippen LogP contribution < -0.4 is 0 Å². The van der Waals surface area contributed by atoms with Crippen LogP contribution in [0.5, 0.6) is 0 Å². The van der Waals surface area contributed by atoms with E-state index in [2.05, 4.69) is 41.5 Å². The van der Waals surface area contributed by atoms with Crippen LogP contribution in [0.15, 0.2) is 0 Å². The molecule has 1 amide bonds. The monoisotopic (exact) mass is 227 g/mol. The van der Waals surface area contributed by atoms with Crippen LogP contribution >= 0.6 is 0 Å². The molecule has 0 bridgehead atoms. The quantitative estimate of drug-likeness (QED) is 0.647. The van der Waals surface area contributed by atoms with Crippen molar-refractivity contribution in [3.05, 3.63) is 0 Å². The summed E-state index contributed by atoms with van der Waals surface area (Å²) in [5.41, 5.74) is 0. The molecule has 0 aromatic carbocycles. The van der Waals surface area contributed by atoms with E-state index in [0.29, 0.717) is 18.0 Å². The summed E-state index contributed by atoms with van der Waals surface area (Å²) in [7, 11) is 0. The number of carbonyl (C=O) groups is 1. The van der Waals surface area contributed by atoms with Gasteiger partial charge in [0.1, 0.15) is 0 Å². The molecule has 0 heterocycles. The average molecular weight is 227 g/mol. The maximum atomic E-state index is 12.4. The Bertz CT molecular complexity index is 185. The first-order valence-corrected chi connectivity index (χ1v) is 6.77. The summed E-state index contributed by atoms with van der Waals surface area (Å²) in [6.45, 7) is 12.7. The molecule has 0 fully saturated rings. The molecule has 0 spiro atoms. The summed E-state index contributed by atoms with van der Waals surface area (Å²) in [5, 5.41) is 0. The van der Waals surface area contributed by atoms with Crippen molar-refractivity contribution in [1.82, 2.24) is 4.90 Å². The molecule has 0 radical (unpaired) electrons. The highest BCUT2D eigenvalue weighted by molar-refractivity contribution is 5.79. The second-order valence-electron chi connectivity index (χ2n) is 5.21. The van der Waals surface area contributed by atoms with Crippen molar-refractivity contribution in [1.29, 1.82) is 0 Å². The molecule has 0 saturated carbocycles. The lowest BCUT2D eigenvalue weighted by Crippen LogP contribution is -2.45. The van der Waals surface area contributed by atoms with E-state index in [9.17, 15) is 4.79 Å². The van der Waals surface area contributed by atoms with E-state index in [0.717, 1.165) is 25.7 Å². The van der Waals surface area contributed by atoms with Crippen molar-refractivity contribution < 1.29 is 4.79 Å². The van der Waals surface area contributed by atoms with Crippen LogP contribution in [0.1, 0.15) is 67.2 Å². The van der Waals surface area contributed by atoms with Gasteiger partial charge < -0.3 is 4.90 Å². The Morgan fingerprint density at radius 2 is 1.31 bits per heavy atom. The van der Waals surface area contributed by atoms with Gasteiger partial charge in [-0.2, -0.15) is 0 Å². The summed E-state index contributed by atoms with van der Waals surface area (Å²) in [6.07, 6.45) is 4.26. The first-order valence-electron chi connectivity index (χ1n) is 6.77. The van der Waals surface area contributed by atoms with Crippen molar-refractivity contribution in [3.63, 3.8) is 0 Å². The second-order valence-corrected chi connectivity index (χ2v) is 5.21. The first kappa shape index (κ1) is 15.5. The zero-order valence-electron chi connectivity index (χ0n) is 11.9. The Kier molecular flexibility index (Phi) is 7.44. The third-order valence-corrected chi connectivity index (χ3v) is 2.99. The third kappa shape index (κ3) is 4.54. The number of amides is 1. The van der Waals surface area contributed by atoms with Crippen LogP contribution in [0.2, 0.25) is 0 Å². The van der Waals surface area contributed by atoms with Crippen molar-refractivity contribution in [2.45, 2.75) is 79.3 Å². The highest BCUT2D eigenvalue weighted by Gasteiger charge is 2.26. The van der Waals surface area contributed by atoms with E-state index in [4.69, 9.17) is 0 Å². The molecular weight excluding hydrogens is 198 g/mol. The minimum absolute atomic E-state index is 0.236. The summed E-state index contributed by atoms with van der Waals surface area (Å²) in [4.78, 5) is 14.5. The predicted octanol–water partition coefficient (Wildman–Crippen LogP) is 3.85. The van der Waals surface area contributed by atoms with Crippen LogP contribution in [0.4, 0.5) is 0 Å².